The van der Waals surface area contributed by atoms with Crippen LogP contribution in [0.1, 0.15) is 18.1 Å². The Bertz CT molecular complexity index is 908. The van der Waals surface area contributed by atoms with Crippen LogP contribution in [0.25, 0.3) is 6.08 Å². The number of carbonyl (C=O) groups excluding carboxylic acids is 4. The predicted molar refractivity (Wildman–Crippen MR) is 108 cm³/mol. The minimum Gasteiger partial charge on any atom is -0.489 e. The predicted octanol–water partition coefficient (Wildman–Crippen LogP) is 3.36. The Morgan fingerprint density at radius 2 is 1.63 bits per heavy atom. The fraction of sp³-hybridized carbons (Fsp3) is 0.174. The molecule has 0 saturated heterocycles. The molecule has 7 heteroatoms. The number of benzene rings is 2. The van der Waals surface area contributed by atoms with E-state index in [9.17, 15) is 9.59 Å². The molecule has 0 aromatic heterocycles. The molecule has 0 unspecified atom stereocenters. The van der Waals surface area contributed by atoms with Gasteiger partial charge in [0.05, 0.1) is 7.11 Å². The van der Waals surface area contributed by atoms with Crippen molar-refractivity contribution in [2.24, 2.45) is 0 Å². The lowest BCUT2D eigenvalue weighted by molar-refractivity contribution is -0.191. The molecule has 2 aromatic rings. The van der Waals surface area contributed by atoms with Crippen molar-refractivity contribution in [2.75, 3.05) is 13.7 Å². The molecule has 0 bridgehead atoms. The summed E-state index contributed by atoms with van der Waals surface area (Å²) in [7, 11) is 1.34. The Hall–Kier alpha value is -3.96. The summed E-state index contributed by atoms with van der Waals surface area (Å²) in [4.78, 5) is 39.5. The zero-order chi connectivity index (χ0) is 22.2. The van der Waals surface area contributed by atoms with Crippen molar-refractivity contribution in [1.29, 1.82) is 0 Å². The normalized spacial score (nSPS) is 10.4. The highest BCUT2D eigenvalue weighted by molar-refractivity contribution is 5.93. The molecule has 2 rings (SSSR count). The van der Waals surface area contributed by atoms with Crippen molar-refractivity contribution >= 4 is 24.2 Å². The van der Waals surface area contributed by atoms with Gasteiger partial charge in [-0.15, -0.1) is 0 Å². The van der Waals surface area contributed by atoms with Gasteiger partial charge in [0.1, 0.15) is 19.0 Å². The van der Waals surface area contributed by atoms with Crippen molar-refractivity contribution < 1.29 is 33.4 Å². The molecule has 0 atom stereocenters. The number of para-hydroxylation sites is 1. The van der Waals surface area contributed by atoms with E-state index in [1.165, 1.54) is 13.2 Å². The van der Waals surface area contributed by atoms with E-state index in [2.05, 4.69) is 0 Å². The standard InChI is InChI=1S/C22H22O5.CO2/c1-17(22(24)25-2)15-19-11-6-7-12-20(19)26-14-8-13-21(23)27-16-18-9-4-3-5-10-18;2-1-3/h3-13,15H,14,16H2,1-2H3;/b13-8+,17-15+;. The number of esters is 2. The second kappa shape index (κ2) is 14.1. The Balaban J connectivity index is 0.00000141. The van der Waals surface area contributed by atoms with Gasteiger partial charge < -0.3 is 14.2 Å². The Kier molecular flexibility index (Phi) is 11.3. The third-order valence-electron chi connectivity index (χ3n) is 3.61. The van der Waals surface area contributed by atoms with E-state index in [0.717, 1.165) is 11.1 Å². The van der Waals surface area contributed by atoms with Crippen LogP contribution in [0, 0.1) is 0 Å². The van der Waals surface area contributed by atoms with Gasteiger partial charge in [-0.1, -0.05) is 48.5 Å². The van der Waals surface area contributed by atoms with Gasteiger partial charge in [0.15, 0.2) is 0 Å². The quantitative estimate of drug-likeness (QED) is 0.486. The highest BCUT2D eigenvalue weighted by atomic mass is 16.5. The van der Waals surface area contributed by atoms with Gasteiger partial charge in [-0.3, -0.25) is 0 Å². The van der Waals surface area contributed by atoms with Crippen LogP contribution in [0.3, 0.4) is 0 Å². The van der Waals surface area contributed by atoms with E-state index in [4.69, 9.17) is 23.8 Å². The number of rotatable bonds is 8. The molecule has 2 aromatic carbocycles. The van der Waals surface area contributed by atoms with Gasteiger partial charge in [0, 0.05) is 17.2 Å². The maximum Gasteiger partial charge on any atom is 0.373 e. The average molecular weight is 410 g/mol. The molecule has 30 heavy (non-hydrogen) atoms. The highest BCUT2D eigenvalue weighted by Gasteiger charge is 2.06. The van der Waals surface area contributed by atoms with E-state index in [-0.39, 0.29) is 19.4 Å². The maximum atomic E-state index is 11.7. The van der Waals surface area contributed by atoms with Gasteiger partial charge in [0.25, 0.3) is 0 Å². The molecule has 0 heterocycles. The average Bonchev–Trinajstić information content (AvgIpc) is 2.77. The van der Waals surface area contributed by atoms with E-state index in [1.807, 2.05) is 48.5 Å². The molecule has 0 aliphatic carbocycles. The first-order chi connectivity index (χ1) is 14.5. The largest absolute Gasteiger partial charge is 0.489 e. The molecule has 0 N–H and O–H groups in total. The van der Waals surface area contributed by atoms with Crippen molar-refractivity contribution in [3.8, 4) is 5.75 Å². The first-order valence-corrected chi connectivity index (χ1v) is 8.86. The molecule has 0 saturated carbocycles. The lowest BCUT2D eigenvalue weighted by Crippen LogP contribution is -2.03. The summed E-state index contributed by atoms with van der Waals surface area (Å²) in [6.07, 6.45) is 4.86. The number of hydrogen-bond donors (Lipinski definition) is 0. The van der Waals surface area contributed by atoms with E-state index >= 15 is 0 Å². The Labute approximate surface area is 174 Å². The minimum atomic E-state index is -0.433. The van der Waals surface area contributed by atoms with E-state index in [0.29, 0.717) is 11.3 Å². The van der Waals surface area contributed by atoms with E-state index in [1.54, 1.807) is 25.1 Å². The van der Waals surface area contributed by atoms with Crippen LogP contribution in [-0.4, -0.2) is 31.8 Å². The third kappa shape index (κ3) is 9.30. The third-order valence-corrected chi connectivity index (χ3v) is 3.61. The summed E-state index contributed by atoms with van der Waals surface area (Å²) < 4.78 is 15.5. The first kappa shape index (κ1) is 24.1. The summed E-state index contributed by atoms with van der Waals surface area (Å²) in [5, 5.41) is 0. The van der Waals surface area contributed by atoms with Crippen LogP contribution in [0.15, 0.2) is 72.3 Å². The van der Waals surface area contributed by atoms with Gasteiger partial charge >= 0.3 is 18.1 Å². The highest BCUT2D eigenvalue weighted by Crippen LogP contribution is 2.21. The molecule has 156 valence electrons. The SMILES string of the molecule is COC(=O)/C(C)=C/c1ccccc1OC/C=C/C(=O)OCc1ccccc1.O=C=O. The molecule has 0 aliphatic heterocycles. The summed E-state index contributed by atoms with van der Waals surface area (Å²) in [6.45, 7) is 2.10. The van der Waals surface area contributed by atoms with Crippen LogP contribution >= 0.6 is 0 Å². The molecule has 0 spiro atoms. The molecular formula is C23H22O7. The van der Waals surface area contributed by atoms with Crippen molar-refractivity contribution in [1.82, 2.24) is 0 Å². The Morgan fingerprint density at radius 1 is 1.00 bits per heavy atom. The topological polar surface area (TPSA) is 96.0 Å². The number of hydrogen-bond acceptors (Lipinski definition) is 7. The fourth-order valence-corrected chi connectivity index (χ4v) is 2.24. The molecular weight excluding hydrogens is 388 g/mol. The second-order valence-electron chi connectivity index (χ2n) is 5.75. The van der Waals surface area contributed by atoms with Crippen molar-refractivity contribution in [3.63, 3.8) is 0 Å². The van der Waals surface area contributed by atoms with Crippen molar-refractivity contribution in [3.05, 3.63) is 83.4 Å². The van der Waals surface area contributed by atoms with Gasteiger partial charge in [-0.2, -0.15) is 9.59 Å². The molecule has 7 nitrogen and oxygen atoms in total. The Morgan fingerprint density at radius 3 is 2.30 bits per heavy atom. The van der Waals surface area contributed by atoms with Crippen molar-refractivity contribution in [2.45, 2.75) is 13.5 Å². The number of carbonyl (C=O) groups is 2. The summed E-state index contributed by atoms with van der Waals surface area (Å²) in [5.74, 6) is -0.230. The molecule has 0 fully saturated rings. The smallest absolute Gasteiger partial charge is 0.373 e. The van der Waals surface area contributed by atoms with Gasteiger partial charge in [0.2, 0.25) is 0 Å². The zero-order valence-corrected chi connectivity index (χ0v) is 16.7. The first-order valence-electron chi connectivity index (χ1n) is 8.86. The maximum absolute atomic E-state index is 11.7. The van der Waals surface area contributed by atoms with Gasteiger partial charge in [-0.25, -0.2) is 9.59 Å². The van der Waals surface area contributed by atoms with Crippen LogP contribution in [0.4, 0.5) is 0 Å². The monoisotopic (exact) mass is 410 g/mol. The van der Waals surface area contributed by atoms with Crippen LogP contribution in [0.5, 0.6) is 5.75 Å². The van der Waals surface area contributed by atoms with Gasteiger partial charge in [-0.05, 0) is 30.7 Å². The molecule has 0 radical (unpaired) electrons. The zero-order valence-electron chi connectivity index (χ0n) is 16.7. The van der Waals surface area contributed by atoms with Crippen LogP contribution < -0.4 is 4.74 Å². The van der Waals surface area contributed by atoms with E-state index < -0.39 is 11.9 Å². The van der Waals surface area contributed by atoms with Crippen LogP contribution in [0.2, 0.25) is 0 Å². The number of methoxy groups -OCH3 is 1. The summed E-state index contributed by atoms with van der Waals surface area (Å²) >= 11 is 0. The van der Waals surface area contributed by atoms with Crippen LogP contribution in [-0.2, 0) is 35.3 Å². The fourth-order valence-electron chi connectivity index (χ4n) is 2.24. The molecule has 0 aliphatic rings. The lowest BCUT2D eigenvalue weighted by atomic mass is 10.1. The lowest BCUT2D eigenvalue weighted by Gasteiger charge is -2.08. The summed E-state index contributed by atoms with van der Waals surface area (Å²) in [6, 6.07) is 16.8. The molecule has 0 amide bonds. The number of ether oxygens (including phenoxy) is 3. The minimum absolute atomic E-state index is 0.197. The second-order valence-corrected chi connectivity index (χ2v) is 5.75. The summed E-state index contributed by atoms with van der Waals surface area (Å²) in [5.41, 5.74) is 2.14.